The van der Waals surface area contributed by atoms with Crippen LogP contribution in [0.1, 0.15) is 12.0 Å². The molecule has 0 saturated heterocycles. The Hall–Kier alpha value is -3.47. The van der Waals surface area contributed by atoms with E-state index in [1.165, 1.54) is 12.1 Å². The number of aromatic amines is 1. The molecule has 5 heteroatoms. The van der Waals surface area contributed by atoms with Gasteiger partial charge in [0.15, 0.2) is 0 Å². The van der Waals surface area contributed by atoms with Crippen LogP contribution in [0.25, 0.3) is 22.2 Å². The van der Waals surface area contributed by atoms with Crippen molar-refractivity contribution in [1.82, 2.24) is 9.97 Å². The third-order valence-electron chi connectivity index (χ3n) is 4.43. The number of aryl methyl sites for hydroxylation is 1. The van der Waals surface area contributed by atoms with Gasteiger partial charge >= 0.3 is 0 Å². The quantitative estimate of drug-likeness (QED) is 0.530. The second kappa shape index (κ2) is 7.41. The molecule has 0 aliphatic carbocycles. The van der Waals surface area contributed by atoms with Crippen LogP contribution >= 0.6 is 0 Å². The maximum Gasteiger partial charge on any atom is 0.224 e. The number of amides is 1. The van der Waals surface area contributed by atoms with Crippen LogP contribution in [-0.4, -0.2) is 15.9 Å². The molecule has 0 bridgehead atoms. The largest absolute Gasteiger partial charge is 0.346 e. The average molecular weight is 359 g/mol. The fourth-order valence-corrected chi connectivity index (χ4v) is 3.02. The molecule has 2 heterocycles. The standard InChI is InChI=1S/C22H18FN3O/c23-19-5-7-20(8-6-19)26-21(27)9-4-15-2-1-3-16(12-15)18-13-17-10-11-24-22(17)25-14-18/h1-3,5-8,10-14H,4,9H2,(H,24,25)(H,26,27). The molecule has 0 radical (unpaired) electrons. The van der Waals surface area contributed by atoms with Gasteiger partial charge in [0, 0.05) is 35.5 Å². The topological polar surface area (TPSA) is 57.8 Å². The summed E-state index contributed by atoms with van der Waals surface area (Å²) in [5.41, 5.74) is 4.66. The molecule has 0 aliphatic heterocycles. The van der Waals surface area contributed by atoms with Gasteiger partial charge in [-0.05, 0) is 53.9 Å². The first-order valence-corrected chi connectivity index (χ1v) is 8.75. The Labute approximate surface area is 156 Å². The summed E-state index contributed by atoms with van der Waals surface area (Å²) >= 11 is 0. The Kier molecular flexibility index (Phi) is 4.66. The fourth-order valence-electron chi connectivity index (χ4n) is 3.02. The number of hydrogen-bond donors (Lipinski definition) is 2. The van der Waals surface area contributed by atoms with Gasteiger partial charge in [0.2, 0.25) is 5.91 Å². The van der Waals surface area contributed by atoms with Crippen LogP contribution < -0.4 is 5.32 Å². The predicted octanol–water partition coefficient (Wildman–Crippen LogP) is 4.94. The second-order valence-electron chi connectivity index (χ2n) is 6.39. The van der Waals surface area contributed by atoms with Gasteiger partial charge in [0.05, 0.1) is 0 Å². The van der Waals surface area contributed by atoms with E-state index >= 15 is 0 Å². The number of fused-ring (bicyclic) bond motifs is 1. The van der Waals surface area contributed by atoms with Gasteiger partial charge in [0.25, 0.3) is 0 Å². The van der Waals surface area contributed by atoms with E-state index in [1.54, 1.807) is 12.1 Å². The zero-order chi connectivity index (χ0) is 18.6. The molecular formula is C22H18FN3O. The minimum Gasteiger partial charge on any atom is -0.346 e. The summed E-state index contributed by atoms with van der Waals surface area (Å²) in [5, 5.41) is 3.85. The minimum atomic E-state index is -0.322. The number of rotatable bonds is 5. The lowest BCUT2D eigenvalue weighted by Gasteiger charge is -2.07. The van der Waals surface area contributed by atoms with Crippen molar-refractivity contribution >= 4 is 22.6 Å². The van der Waals surface area contributed by atoms with Gasteiger partial charge in [-0.15, -0.1) is 0 Å². The smallest absolute Gasteiger partial charge is 0.224 e. The monoisotopic (exact) mass is 359 g/mol. The summed E-state index contributed by atoms with van der Waals surface area (Å²) in [5.74, 6) is -0.417. The highest BCUT2D eigenvalue weighted by Gasteiger charge is 2.06. The van der Waals surface area contributed by atoms with E-state index in [-0.39, 0.29) is 11.7 Å². The van der Waals surface area contributed by atoms with E-state index in [9.17, 15) is 9.18 Å². The van der Waals surface area contributed by atoms with Crippen LogP contribution in [0, 0.1) is 5.82 Å². The number of benzene rings is 2. The lowest BCUT2D eigenvalue weighted by Crippen LogP contribution is -2.12. The third kappa shape index (κ3) is 4.03. The van der Waals surface area contributed by atoms with Gasteiger partial charge in [-0.1, -0.05) is 24.3 Å². The molecule has 2 aromatic heterocycles. The molecule has 134 valence electrons. The van der Waals surface area contributed by atoms with E-state index < -0.39 is 0 Å². The van der Waals surface area contributed by atoms with Gasteiger partial charge in [-0.3, -0.25) is 4.79 Å². The third-order valence-corrected chi connectivity index (χ3v) is 4.43. The maximum absolute atomic E-state index is 12.9. The highest BCUT2D eigenvalue weighted by Crippen LogP contribution is 2.23. The van der Waals surface area contributed by atoms with E-state index in [0.717, 1.165) is 27.7 Å². The average Bonchev–Trinajstić information content (AvgIpc) is 3.16. The lowest BCUT2D eigenvalue weighted by atomic mass is 10.0. The SMILES string of the molecule is O=C(CCc1cccc(-c2cnc3[nH]ccc3c2)c1)Nc1ccc(F)cc1. The fraction of sp³-hybridized carbons (Fsp3) is 0.0909. The van der Waals surface area contributed by atoms with Gasteiger partial charge in [0.1, 0.15) is 11.5 Å². The summed E-state index contributed by atoms with van der Waals surface area (Å²) in [6, 6.07) is 18.0. The van der Waals surface area contributed by atoms with Gasteiger partial charge < -0.3 is 10.3 Å². The first-order valence-electron chi connectivity index (χ1n) is 8.75. The number of anilines is 1. The Morgan fingerprint density at radius 2 is 1.89 bits per heavy atom. The number of carbonyl (C=O) groups is 1. The van der Waals surface area contributed by atoms with Crippen LogP contribution in [0.4, 0.5) is 10.1 Å². The number of aromatic nitrogens is 2. The molecule has 0 unspecified atom stereocenters. The number of nitrogens with zero attached hydrogens (tertiary/aromatic N) is 1. The van der Waals surface area contributed by atoms with Gasteiger partial charge in [-0.2, -0.15) is 0 Å². The van der Waals surface area contributed by atoms with E-state index in [0.29, 0.717) is 18.5 Å². The Morgan fingerprint density at radius 3 is 2.74 bits per heavy atom. The summed E-state index contributed by atoms with van der Waals surface area (Å²) in [7, 11) is 0. The number of halogens is 1. The molecule has 27 heavy (non-hydrogen) atoms. The Balaban J connectivity index is 1.43. The zero-order valence-corrected chi connectivity index (χ0v) is 14.6. The lowest BCUT2D eigenvalue weighted by molar-refractivity contribution is -0.116. The second-order valence-corrected chi connectivity index (χ2v) is 6.39. The molecule has 4 rings (SSSR count). The van der Waals surface area contributed by atoms with E-state index in [2.05, 4.69) is 27.4 Å². The summed E-state index contributed by atoms with van der Waals surface area (Å²) in [6.07, 6.45) is 4.70. The molecule has 4 aromatic rings. The number of H-pyrrole nitrogens is 1. The maximum atomic E-state index is 12.9. The van der Waals surface area contributed by atoms with Gasteiger partial charge in [-0.25, -0.2) is 9.37 Å². The normalized spacial score (nSPS) is 10.9. The summed E-state index contributed by atoms with van der Waals surface area (Å²) in [6.45, 7) is 0. The molecule has 1 amide bonds. The summed E-state index contributed by atoms with van der Waals surface area (Å²) in [4.78, 5) is 19.6. The number of carbonyl (C=O) groups excluding carboxylic acids is 1. The van der Waals surface area contributed by atoms with E-state index in [4.69, 9.17) is 0 Å². The Bertz CT molecular complexity index is 1090. The molecule has 0 aliphatic rings. The van der Waals surface area contributed by atoms with Crippen molar-refractivity contribution in [1.29, 1.82) is 0 Å². The molecular weight excluding hydrogens is 341 g/mol. The van der Waals surface area contributed by atoms with Crippen molar-refractivity contribution < 1.29 is 9.18 Å². The number of pyridine rings is 1. The molecule has 2 N–H and O–H groups in total. The minimum absolute atomic E-state index is 0.0950. The predicted molar refractivity (Wildman–Crippen MR) is 105 cm³/mol. The highest BCUT2D eigenvalue weighted by molar-refractivity contribution is 5.90. The van der Waals surface area contributed by atoms with Crippen LogP contribution in [0.5, 0.6) is 0 Å². The van der Waals surface area contributed by atoms with Crippen molar-refractivity contribution in [2.45, 2.75) is 12.8 Å². The van der Waals surface area contributed by atoms with Crippen molar-refractivity contribution in [2.24, 2.45) is 0 Å². The van der Waals surface area contributed by atoms with E-state index in [1.807, 2.05) is 36.7 Å². The highest BCUT2D eigenvalue weighted by atomic mass is 19.1. The number of hydrogen-bond acceptors (Lipinski definition) is 2. The first-order chi connectivity index (χ1) is 13.2. The van der Waals surface area contributed by atoms with Crippen molar-refractivity contribution in [3.63, 3.8) is 0 Å². The molecule has 4 nitrogen and oxygen atoms in total. The molecule has 2 aromatic carbocycles. The zero-order valence-electron chi connectivity index (χ0n) is 14.6. The molecule has 0 fully saturated rings. The molecule has 0 atom stereocenters. The van der Waals surface area contributed by atoms with Crippen molar-refractivity contribution in [3.8, 4) is 11.1 Å². The number of nitrogens with one attached hydrogen (secondary N) is 2. The molecule has 0 saturated carbocycles. The summed E-state index contributed by atoms with van der Waals surface area (Å²) < 4.78 is 12.9. The Morgan fingerprint density at radius 1 is 1.04 bits per heavy atom. The van der Waals surface area contributed by atoms with Crippen molar-refractivity contribution in [3.05, 3.63) is 84.4 Å². The first kappa shape index (κ1) is 17.0. The van der Waals surface area contributed by atoms with Crippen LogP contribution in [0.2, 0.25) is 0 Å². The van der Waals surface area contributed by atoms with Crippen LogP contribution in [0.3, 0.4) is 0 Å². The van der Waals surface area contributed by atoms with Crippen LogP contribution in [0.15, 0.2) is 73.1 Å². The van der Waals surface area contributed by atoms with Crippen LogP contribution in [-0.2, 0) is 11.2 Å². The molecule has 0 spiro atoms. The van der Waals surface area contributed by atoms with Crippen molar-refractivity contribution in [2.75, 3.05) is 5.32 Å².